The third kappa shape index (κ3) is 3.58. The monoisotopic (exact) mass is 280 g/mol. The summed E-state index contributed by atoms with van der Waals surface area (Å²) in [5.74, 6) is 5.33. The third-order valence-electron chi connectivity index (χ3n) is 3.76. The van der Waals surface area contributed by atoms with E-state index in [1.807, 2.05) is 0 Å². The summed E-state index contributed by atoms with van der Waals surface area (Å²) in [5, 5.41) is 14.1. The number of nitrogens with two attached hydrogens (primary N) is 1. The van der Waals surface area contributed by atoms with E-state index in [1.165, 1.54) is 25.0 Å². The maximum Gasteiger partial charge on any atom is 0.273 e. The number of rotatable bonds is 8. The van der Waals surface area contributed by atoms with Gasteiger partial charge in [0.25, 0.3) is 5.69 Å². The summed E-state index contributed by atoms with van der Waals surface area (Å²) in [6, 6.07) is 4.69. The Hall–Kier alpha value is -1.86. The topological polar surface area (TPSA) is 102 Å². The van der Waals surface area contributed by atoms with Crippen molar-refractivity contribution < 1.29 is 9.66 Å². The molecule has 7 heteroatoms. The van der Waals surface area contributed by atoms with Crippen molar-refractivity contribution in [1.29, 1.82) is 0 Å². The van der Waals surface area contributed by atoms with Gasteiger partial charge in [-0.15, -0.1) is 0 Å². The number of methoxy groups -OCH3 is 1. The van der Waals surface area contributed by atoms with E-state index in [1.54, 1.807) is 13.2 Å². The van der Waals surface area contributed by atoms with Gasteiger partial charge in [0.1, 0.15) is 0 Å². The lowest BCUT2D eigenvalue weighted by Gasteiger charge is -2.16. The van der Waals surface area contributed by atoms with E-state index in [2.05, 4.69) is 10.7 Å². The maximum atomic E-state index is 10.9. The molecule has 1 aromatic carbocycles. The van der Waals surface area contributed by atoms with E-state index < -0.39 is 4.92 Å². The van der Waals surface area contributed by atoms with Gasteiger partial charge in [-0.2, -0.15) is 0 Å². The van der Waals surface area contributed by atoms with Crippen molar-refractivity contribution in [3.05, 3.63) is 28.3 Å². The second kappa shape index (κ2) is 6.06. The molecule has 0 aliphatic heterocycles. The highest BCUT2D eigenvalue weighted by Gasteiger charge is 2.41. The van der Waals surface area contributed by atoms with Crippen LogP contribution in [-0.4, -0.2) is 25.2 Å². The first-order chi connectivity index (χ1) is 9.58. The maximum absolute atomic E-state index is 10.9. The minimum Gasteiger partial charge on any atom is -0.385 e. The van der Waals surface area contributed by atoms with Gasteiger partial charge >= 0.3 is 0 Å². The van der Waals surface area contributed by atoms with Crippen LogP contribution in [-0.2, 0) is 4.74 Å². The molecule has 2 rings (SSSR count). The Morgan fingerprint density at radius 2 is 2.10 bits per heavy atom. The van der Waals surface area contributed by atoms with Gasteiger partial charge in [0.05, 0.1) is 10.6 Å². The second-order valence-corrected chi connectivity index (χ2v) is 5.27. The van der Waals surface area contributed by atoms with Crippen molar-refractivity contribution in [1.82, 2.24) is 0 Å². The molecule has 1 saturated carbocycles. The molecule has 7 nitrogen and oxygen atoms in total. The van der Waals surface area contributed by atoms with E-state index in [0.717, 1.165) is 19.6 Å². The molecule has 1 aliphatic carbocycles. The fraction of sp³-hybridized carbons (Fsp3) is 0.538. The molecule has 0 aromatic heterocycles. The summed E-state index contributed by atoms with van der Waals surface area (Å²) in [7, 11) is 1.70. The number of nitro benzene ring substituents is 1. The number of nitrogens with zero attached hydrogens (tertiary/aromatic N) is 1. The molecule has 0 heterocycles. The standard InChI is InChI=1S/C13H20N4O3/c1-20-5-4-13(2-3-13)9-15-10-6-11(16-14)8-12(7-10)17(18)19/h6-8,15-16H,2-5,9,14H2,1H3. The van der Waals surface area contributed by atoms with Gasteiger partial charge < -0.3 is 15.5 Å². The Labute approximate surface area is 117 Å². The average molecular weight is 280 g/mol. The Morgan fingerprint density at radius 3 is 2.65 bits per heavy atom. The molecule has 110 valence electrons. The third-order valence-corrected chi connectivity index (χ3v) is 3.76. The lowest BCUT2D eigenvalue weighted by molar-refractivity contribution is -0.384. The van der Waals surface area contributed by atoms with E-state index in [9.17, 15) is 10.1 Å². The molecular formula is C13H20N4O3. The number of hydrazine groups is 1. The molecule has 1 aliphatic rings. The molecule has 0 amide bonds. The highest BCUT2D eigenvalue weighted by atomic mass is 16.6. The van der Waals surface area contributed by atoms with Crippen molar-refractivity contribution in [2.45, 2.75) is 19.3 Å². The number of anilines is 2. The van der Waals surface area contributed by atoms with Crippen molar-refractivity contribution in [3.63, 3.8) is 0 Å². The number of benzene rings is 1. The van der Waals surface area contributed by atoms with Crippen LogP contribution in [0.4, 0.5) is 17.1 Å². The van der Waals surface area contributed by atoms with Crippen LogP contribution in [0, 0.1) is 15.5 Å². The quantitative estimate of drug-likeness (QED) is 0.383. The average Bonchev–Trinajstić information content (AvgIpc) is 3.23. The number of non-ortho nitro benzene ring substituents is 1. The molecule has 4 N–H and O–H groups in total. The van der Waals surface area contributed by atoms with Crippen LogP contribution in [0.25, 0.3) is 0 Å². The Bertz CT molecular complexity index is 489. The zero-order chi connectivity index (χ0) is 14.6. The van der Waals surface area contributed by atoms with Gasteiger partial charge in [0.2, 0.25) is 0 Å². The van der Waals surface area contributed by atoms with Crippen LogP contribution < -0.4 is 16.6 Å². The first-order valence-electron chi connectivity index (χ1n) is 6.57. The Balaban J connectivity index is 2.02. The number of nitro groups is 1. The summed E-state index contributed by atoms with van der Waals surface area (Å²) >= 11 is 0. The van der Waals surface area contributed by atoms with Crippen LogP contribution in [0.2, 0.25) is 0 Å². The molecule has 0 atom stereocenters. The van der Waals surface area contributed by atoms with Gasteiger partial charge in [-0.1, -0.05) is 0 Å². The van der Waals surface area contributed by atoms with E-state index in [0.29, 0.717) is 11.4 Å². The number of hydrogen-bond acceptors (Lipinski definition) is 6. The molecule has 1 aromatic rings. The number of hydrogen-bond donors (Lipinski definition) is 3. The van der Waals surface area contributed by atoms with Gasteiger partial charge in [0, 0.05) is 38.1 Å². The summed E-state index contributed by atoms with van der Waals surface area (Å²) in [4.78, 5) is 10.4. The Kier molecular flexibility index (Phi) is 4.41. The van der Waals surface area contributed by atoms with Crippen LogP contribution in [0.3, 0.4) is 0 Å². The van der Waals surface area contributed by atoms with E-state index >= 15 is 0 Å². The number of nitrogen functional groups attached to an aromatic ring is 1. The molecule has 0 saturated heterocycles. The van der Waals surface area contributed by atoms with Crippen LogP contribution in [0.1, 0.15) is 19.3 Å². The zero-order valence-corrected chi connectivity index (χ0v) is 11.5. The highest BCUT2D eigenvalue weighted by Crippen LogP contribution is 2.48. The smallest absolute Gasteiger partial charge is 0.273 e. The van der Waals surface area contributed by atoms with Crippen molar-refractivity contribution in [2.75, 3.05) is 31.0 Å². The molecule has 0 unspecified atom stereocenters. The largest absolute Gasteiger partial charge is 0.385 e. The van der Waals surface area contributed by atoms with Crippen molar-refractivity contribution >= 4 is 17.1 Å². The van der Waals surface area contributed by atoms with Gasteiger partial charge in [-0.25, -0.2) is 0 Å². The molecular weight excluding hydrogens is 260 g/mol. The van der Waals surface area contributed by atoms with Crippen LogP contribution in [0.15, 0.2) is 18.2 Å². The van der Waals surface area contributed by atoms with Crippen LogP contribution >= 0.6 is 0 Å². The summed E-state index contributed by atoms with van der Waals surface area (Å²) in [5.41, 5.74) is 3.96. The first-order valence-corrected chi connectivity index (χ1v) is 6.57. The predicted molar refractivity (Wildman–Crippen MR) is 77.6 cm³/mol. The molecule has 0 spiro atoms. The van der Waals surface area contributed by atoms with Crippen molar-refractivity contribution in [2.24, 2.45) is 11.3 Å². The lowest BCUT2D eigenvalue weighted by Crippen LogP contribution is -2.17. The van der Waals surface area contributed by atoms with E-state index in [4.69, 9.17) is 10.6 Å². The first kappa shape index (κ1) is 14.5. The number of ether oxygens (including phenoxy) is 1. The van der Waals surface area contributed by atoms with E-state index in [-0.39, 0.29) is 11.1 Å². The molecule has 1 fully saturated rings. The highest BCUT2D eigenvalue weighted by molar-refractivity contribution is 5.63. The van der Waals surface area contributed by atoms with Gasteiger partial charge in [-0.3, -0.25) is 16.0 Å². The predicted octanol–water partition coefficient (Wildman–Crippen LogP) is 2.11. The van der Waals surface area contributed by atoms with Crippen molar-refractivity contribution in [3.8, 4) is 0 Å². The normalized spacial score (nSPS) is 15.7. The molecule has 0 bridgehead atoms. The van der Waals surface area contributed by atoms with Gasteiger partial charge in [0.15, 0.2) is 0 Å². The molecule has 0 radical (unpaired) electrons. The summed E-state index contributed by atoms with van der Waals surface area (Å²) in [6.45, 7) is 1.54. The summed E-state index contributed by atoms with van der Waals surface area (Å²) < 4.78 is 5.11. The van der Waals surface area contributed by atoms with Crippen LogP contribution in [0.5, 0.6) is 0 Å². The number of nitrogens with one attached hydrogen (secondary N) is 2. The fourth-order valence-electron chi connectivity index (χ4n) is 2.20. The molecule has 20 heavy (non-hydrogen) atoms. The second-order valence-electron chi connectivity index (χ2n) is 5.27. The Morgan fingerprint density at radius 1 is 1.40 bits per heavy atom. The zero-order valence-electron chi connectivity index (χ0n) is 11.5. The van der Waals surface area contributed by atoms with Gasteiger partial charge in [-0.05, 0) is 30.7 Å². The SMILES string of the molecule is COCCC1(CNc2cc(NN)cc([N+](=O)[O-])c2)CC1. The minimum absolute atomic E-state index is 0.0182. The lowest BCUT2D eigenvalue weighted by atomic mass is 10.0. The minimum atomic E-state index is -0.427. The summed E-state index contributed by atoms with van der Waals surface area (Å²) in [6.07, 6.45) is 3.34. The fourth-order valence-corrected chi connectivity index (χ4v) is 2.20.